The lowest BCUT2D eigenvalue weighted by atomic mass is 9.90. The topological polar surface area (TPSA) is 106 Å². The molecule has 0 aliphatic carbocycles. The largest absolute Gasteiger partial charge is 0.496 e. The van der Waals surface area contributed by atoms with E-state index in [0.29, 0.717) is 23.5 Å². The van der Waals surface area contributed by atoms with E-state index in [4.69, 9.17) is 14.2 Å². The van der Waals surface area contributed by atoms with Crippen molar-refractivity contribution in [1.29, 1.82) is 0 Å². The molecule has 200 valence electrons. The third-order valence-electron chi connectivity index (χ3n) is 6.02. The number of alkyl carbamates (subject to hydrolysis) is 1. The van der Waals surface area contributed by atoms with Crippen LogP contribution in [0.2, 0.25) is 0 Å². The Kier molecular flexibility index (Phi) is 8.06. The highest BCUT2D eigenvalue weighted by molar-refractivity contribution is 7.99. The standard InChI is InChI=1S/C29H32N2O6S/c1-29(2,3)37-28(34)30-16-19-22(35-4)13-11-20-25(19)38-26-21(31-20)12-14-23(36-5)24(26)18(27(32)33)15-17-9-7-6-8-10-17/h6-14,18,31H,15-16H2,1-5H3,(H,30,34)(H,32,33). The molecule has 0 bridgehead atoms. The molecule has 8 nitrogen and oxygen atoms in total. The minimum atomic E-state index is -0.940. The summed E-state index contributed by atoms with van der Waals surface area (Å²) in [6.07, 6.45) is -0.232. The summed E-state index contributed by atoms with van der Waals surface area (Å²) >= 11 is 1.44. The lowest BCUT2D eigenvalue weighted by molar-refractivity contribution is -0.138. The Hall–Kier alpha value is -3.85. The van der Waals surface area contributed by atoms with Crippen LogP contribution < -0.4 is 20.1 Å². The van der Waals surface area contributed by atoms with Crippen molar-refractivity contribution in [2.45, 2.75) is 55.0 Å². The summed E-state index contributed by atoms with van der Waals surface area (Å²) in [5, 5.41) is 16.6. The van der Waals surface area contributed by atoms with Crippen molar-refractivity contribution in [3.8, 4) is 11.5 Å². The number of benzene rings is 3. The highest BCUT2D eigenvalue weighted by Gasteiger charge is 2.32. The van der Waals surface area contributed by atoms with Crippen LogP contribution in [-0.2, 0) is 22.5 Å². The SMILES string of the molecule is COc1ccc2c(c1CNC(=O)OC(C)(C)C)Sc1c(ccc(OC)c1C(Cc1ccccc1)C(=O)O)N2. The van der Waals surface area contributed by atoms with Gasteiger partial charge in [-0.3, -0.25) is 4.79 Å². The molecule has 0 saturated carbocycles. The number of ether oxygens (including phenoxy) is 3. The van der Waals surface area contributed by atoms with Crippen LogP contribution >= 0.6 is 11.8 Å². The zero-order valence-electron chi connectivity index (χ0n) is 22.1. The Morgan fingerprint density at radius 1 is 0.947 bits per heavy atom. The molecule has 0 saturated heterocycles. The molecule has 4 rings (SSSR count). The van der Waals surface area contributed by atoms with Gasteiger partial charge >= 0.3 is 12.1 Å². The van der Waals surface area contributed by atoms with E-state index in [9.17, 15) is 14.7 Å². The maximum Gasteiger partial charge on any atom is 0.407 e. The fraction of sp³-hybridized carbons (Fsp3) is 0.310. The van der Waals surface area contributed by atoms with Crippen LogP contribution in [0.15, 0.2) is 64.4 Å². The van der Waals surface area contributed by atoms with E-state index in [-0.39, 0.29) is 6.54 Å². The molecule has 1 amide bonds. The number of carbonyl (C=O) groups excluding carboxylic acids is 1. The van der Waals surface area contributed by atoms with Gasteiger partial charge in [0.1, 0.15) is 17.1 Å². The number of fused-ring (bicyclic) bond motifs is 2. The van der Waals surface area contributed by atoms with Gasteiger partial charge in [-0.2, -0.15) is 0 Å². The van der Waals surface area contributed by atoms with Crippen LogP contribution in [0.4, 0.5) is 16.2 Å². The Bertz CT molecular complexity index is 1340. The van der Waals surface area contributed by atoms with E-state index >= 15 is 0 Å². The monoisotopic (exact) mass is 536 g/mol. The molecular formula is C29H32N2O6S. The molecule has 1 unspecified atom stereocenters. The van der Waals surface area contributed by atoms with Gasteiger partial charge in [-0.05, 0) is 57.0 Å². The number of carboxylic acid groups (broad SMARTS) is 1. The van der Waals surface area contributed by atoms with Gasteiger partial charge in [-0.15, -0.1) is 0 Å². The van der Waals surface area contributed by atoms with Gasteiger partial charge in [0, 0.05) is 20.9 Å². The molecule has 38 heavy (non-hydrogen) atoms. The van der Waals surface area contributed by atoms with Crippen molar-refractivity contribution in [1.82, 2.24) is 5.32 Å². The van der Waals surface area contributed by atoms with E-state index in [2.05, 4.69) is 10.6 Å². The fourth-order valence-corrected chi connectivity index (χ4v) is 5.68. The average molecular weight is 537 g/mol. The van der Waals surface area contributed by atoms with Crippen molar-refractivity contribution >= 4 is 35.2 Å². The van der Waals surface area contributed by atoms with Crippen molar-refractivity contribution in [3.63, 3.8) is 0 Å². The van der Waals surface area contributed by atoms with Crippen molar-refractivity contribution in [2.24, 2.45) is 0 Å². The van der Waals surface area contributed by atoms with E-state index in [1.165, 1.54) is 11.8 Å². The highest BCUT2D eigenvalue weighted by atomic mass is 32.2. The summed E-state index contributed by atoms with van der Waals surface area (Å²) in [7, 11) is 3.11. The second kappa shape index (κ2) is 11.3. The maximum atomic E-state index is 12.6. The first-order valence-corrected chi connectivity index (χ1v) is 13.0. The molecule has 1 aliphatic rings. The number of aliphatic carboxylic acids is 1. The van der Waals surface area contributed by atoms with E-state index in [0.717, 1.165) is 32.3 Å². The molecule has 9 heteroatoms. The third kappa shape index (κ3) is 5.99. The van der Waals surface area contributed by atoms with Crippen molar-refractivity contribution in [3.05, 3.63) is 71.3 Å². The third-order valence-corrected chi connectivity index (χ3v) is 7.34. The smallest absolute Gasteiger partial charge is 0.407 e. The minimum Gasteiger partial charge on any atom is -0.496 e. The van der Waals surface area contributed by atoms with Gasteiger partial charge < -0.3 is 30.0 Å². The summed E-state index contributed by atoms with van der Waals surface area (Å²) in [4.78, 5) is 26.6. The number of carboxylic acids is 1. The molecule has 0 radical (unpaired) electrons. The zero-order valence-corrected chi connectivity index (χ0v) is 22.9. The average Bonchev–Trinajstić information content (AvgIpc) is 2.88. The fourth-order valence-electron chi connectivity index (χ4n) is 4.37. The van der Waals surface area contributed by atoms with E-state index < -0.39 is 23.6 Å². The first kappa shape index (κ1) is 27.2. The molecule has 1 aliphatic heterocycles. The number of carbonyl (C=O) groups is 2. The number of methoxy groups -OCH3 is 2. The first-order chi connectivity index (χ1) is 18.1. The zero-order chi connectivity index (χ0) is 27.4. The number of anilines is 2. The number of hydrogen-bond acceptors (Lipinski definition) is 7. The molecule has 0 fully saturated rings. The molecule has 3 N–H and O–H groups in total. The lowest BCUT2D eigenvalue weighted by Gasteiger charge is -2.29. The predicted molar refractivity (Wildman–Crippen MR) is 147 cm³/mol. The van der Waals surface area contributed by atoms with Gasteiger partial charge in [0.05, 0.1) is 38.1 Å². The van der Waals surface area contributed by atoms with Gasteiger partial charge in [-0.1, -0.05) is 42.1 Å². The van der Waals surface area contributed by atoms with Crippen LogP contribution in [0.25, 0.3) is 0 Å². The molecule has 1 atom stereocenters. The Morgan fingerprint density at radius 3 is 2.18 bits per heavy atom. The van der Waals surface area contributed by atoms with Crippen molar-refractivity contribution < 1.29 is 28.9 Å². The summed E-state index contributed by atoms with van der Waals surface area (Å²) in [6, 6.07) is 17.0. The Balaban J connectivity index is 1.75. The van der Waals surface area contributed by atoms with E-state index in [1.54, 1.807) is 41.1 Å². The highest BCUT2D eigenvalue weighted by Crippen LogP contribution is 2.52. The Morgan fingerprint density at radius 2 is 1.58 bits per heavy atom. The van der Waals surface area contributed by atoms with Gasteiger partial charge in [0.2, 0.25) is 0 Å². The van der Waals surface area contributed by atoms with Crippen LogP contribution in [-0.4, -0.2) is 37.0 Å². The molecule has 0 aromatic heterocycles. The van der Waals surface area contributed by atoms with Crippen molar-refractivity contribution in [2.75, 3.05) is 19.5 Å². The lowest BCUT2D eigenvalue weighted by Crippen LogP contribution is -2.32. The van der Waals surface area contributed by atoms with Crippen LogP contribution in [0.1, 0.15) is 43.4 Å². The molecule has 3 aromatic carbocycles. The number of amides is 1. The summed E-state index contributed by atoms with van der Waals surface area (Å²) in [5.74, 6) is -0.682. The second-order valence-electron chi connectivity index (χ2n) is 9.84. The van der Waals surface area contributed by atoms with Gasteiger partial charge in [0.15, 0.2) is 0 Å². The number of hydrogen-bond donors (Lipinski definition) is 3. The predicted octanol–water partition coefficient (Wildman–Crippen LogP) is 6.35. The molecule has 3 aromatic rings. The maximum absolute atomic E-state index is 12.6. The quantitative estimate of drug-likeness (QED) is 0.239. The minimum absolute atomic E-state index is 0.164. The van der Waals surface area contributed by atoms with Gasteiger partial charge in [0.25, 0.3) is 0 Å². The van der Waals surface area contributed by atoms with Crippen LogP contribution in [0, 0.1) is 0 Å². The summed E-state index contributed by atoms with van der Waals surface area (Å²) < 4.78 is 16.7. The van der Waals surface area contributed by atoms with Crippen LogP contribution in [0.5, 0.6) is 11.5 Å². The molecule has 0 spiro atoms. The normalized spacial score (nSPS) is 12.9. The van der Waals surface area contributed by atoms with Gasteiger partial charge in [-0.25, -0.2) is 4.79 Å². The van der Waals surface area contributed by atoms with E-state index in [1.807, 2.05) is 48.5 Å². The molecular weight excluding hydrogens is 504 g/mol. The molecule has 1 heterocycles. The number of nitrogens with one attached hydrogen (secondary N) is 2. The summed E-state index contributed by atoms with van der Waals surface area (Å²) in [6.45, 7) is 5.57. The summed E-state index contributed by atoms with van der Waals surface area (Å²) in [5.41, 5.74) is 3.25. The van der Waals surface area contributed by atoms with Crippen LogP contribution in [0.3, 0.4) is 0 Å². The first-order valence-electron chi connectivity index (χ1n) is 12.2. The Labute approximate surface area is 226 Å². The second-order valence-corrected chi connectivity index (χ2v) is 10.9. The number of rotatable bonds is 8.